The molecule has 184 valence electrons. The zero-order valence-electron chi connectivity index (χ0n) is 19.5. The zero-order valence-corrected chi connectivity index (χ0v) is 20.3. The molecule has 2 amide bonds. The Morgan fingerprint density at radius 1 is 0.811 bits per heavy atom. The van der Waals surface area contributed by atoms with Crippen LogP contribution in [0.5, 0.6) is 0 Å². The predicted octanol–water partition coefficient (Wildman–Crippen LogP) is 3.71. The van der Waals surface area contributed by atoms with Crippen LogP contribution < -0.4 is 4.90 Å². The molecule has 0 aromatic heterocycles. The predicted molar refractivity (Wildman–Crippen MR) is 133 cm³/mol. The smallest absolute Gasteiger partial charge is 0.341 e. The van der Waals surface area contributed by atoms with Gasteiger partial charge in [-0.2, -0.15) is 0 Å². The number of ketones is 1. The van der Waals surface area contributed by atoms with Gasteiger partial charge in [-0.1, -0.05) is 54.6 Å². The molecule has 2 saturated heterocycles. The van der Waals surface area contributed by atoms with Crippen molar-refractivity contribution >= 4 is 41.0 Å². The highest BCUT2D eigenvalue weighted by molar-refractivity contribution is 8.00. The largest absolute Gasteiger partial charge is 0.434 e. The first kappa shape index (κ1) is 22.3. The number of fused-ring (bicyclic) bond motifs is 6. The molecule has 9 heteroatoms. The number of carbonyl (C=O) groups excluding carboxylic acids is 4. The van der Waals surface area contributed by atoms with Crippen molar-refractivity contribution in [3.05, 3.63) is 95.6 Å². The quantitative estimate of drug-likeness (QED) is 0.459. The average Bonchev–Trinajstić information content (AvgIpc) is 3.38. The molecule has 0 radical (unpaired) electrons. The van der Waals surface area contributed by atoms with Crippen LogP contribution in [0.25, 0.3) is 0 Å². The van der Waals surface area contributed by atoms with E-state index in [1.807, 2.05) is 0 Å². The summed E-state index contributed by atoms with van der Waals surface area (Å²) >= 11 is 1.21. The molecule has 3 unspecified atom stereocenters. The molecule has 37 heavy (non-hydrogen) atoms. The van der Waals surface area contributed by atoms with Crippen LogP contribution in [0.15, 0.2) is 83.8 Å². The summed E-state index contributed by atoms with van der Waals surface area (Å²) < 4.78 is 12.9. The topological polar surface area (TPSA) is 93.2 Å². The number of esters is 1. The molecule has 0 saturated carbocycles. The van der Waals surface area contributed by atoms with Crippen molar-refractivity contribution in [1.82, 2.24) is 4.90 Å². The Balaban J connectivity index is 1.55. The first-order valence-electron chi connectivity index (χ1n) is 11.9. The van der Waals surface area contributed by atoms with E-state index in [0.29, 0.717) is 21.7 Å². The molecule has 2 fully saturated rings. The number of amides is 2. The number of hydrogen-bond acceptors (Lipinski definition) is 7. The minimum atomic E-state index is -1.88. The number of hydrogen-bond donors (Lipinski definition) is 0. The molecule has 3 aromatic rings. The van der Waals surface area contributed by atoms with E-state index < -0.39 is 35.3 Å². The van der Waals surface area contributed by atoms with Gasteiger partial charge in [0, 0.05) is 23.3 Å². The number of Topliss-reactive ketones (excluding diaryl/α,β-unsaturated/α-hetero) is 1. The molecule has 4 aliphatic rings. The van der Waals surface area contributed by atoms with E-state index in [-0.39, 0.29) is 30.1 Å². The minimum absolute atomic E-state index is 0.0298. The van der Waals surface area contributed by atoms with Crippen LogP contribution in [-0.4, -0.2) is 46.3 Å². The van der Waals surface area contributed by atoms with Gasteiger partial charge in [-0.3, -0.25) is 24.2 Å². The van der Waals surface area contributed by atoms with Gasteiger partial charge in [0.15, 0.2) is 0 Å². The lowest BCUT2D eigenvalue weighted by Crippen LogP contribution is -2.62. The van der Waals surface area contributed by atoms with Gasteiger partial charge in [-0.15, -0.1) is 11.8 Å². The third-order valence-corrected chi connectivity index (χ3v) is 8.48. The molecule has 8 nitrogen and oxygen atoms in total. The summed E-state index contributed by atoms with van der Waals surface area (Å²) in [5.41, 5.74) is -0.508. The van der Waals surface area contributed by atoms with E-state index in [4.69, 9.17) is 9.47 Å². The highest BCUT2D eigenvalue weighted by Gasteiger charge is 2.74. The Hall–Kier alpha value is -3.95. The van der Waals surface area contributed by atoms with Gasteiger partial charge in [-0.25, -0.2) is 4.79 Å². The van der Waals surface area contributed by atoms with E-state index in [9.17, 15) is 19.2 Å². The number of benzene rings is 3. The maximum Gasteiger partial charge on any atom is 0.341 e. The number of ether oxygens (including phenoxy) is 2. The summed E-state index contributed by atoms with van der Waals surface area (Å²) in [4.78, 5) is 58.9. The molecule has 3 atom stereocenters. The Labute approximate surface area is 216 Å². The average molecular weight is 513 g/mol. The molecule has 4 aliphatic heterocycles. The molecular formula is C28H20N2O6S. The number of rotatable bonds is 1. The first-order valence-corrected chi connectivity index (χ1v) is 12.9. The Morgan fingerprint density at radius 2 is 1.51 bits per heavy atom. The van der Waals surface area contributed by atoms with Crippen molar-refractivity contribution in [3.63, 3.8) is 0 Å². The first-order chi connectivity index (χ1) is 18.0. The summed E-state index contributed by atoms with van der Waals surface area (Å²) in [6, 6.07) is 22.4. The summed E-state index contributed by atoms with van der Waals surface area (Å²) in [6.45, 7) is 0. The number of para-hydroxylation sites is 1. The molecule has 7 rings (SSSR count). The third-order valence-electron chi connectivity index (χ3n) is 7.42. The van der Waals surface area contributed by atoms with E-state index >= 15 is 0 Å². The van der Waals surface area contributed by atoms with Crippen LogP contribution in [0.3, 0.4) is 0 Å². The fourth-order valence-electron chi connectivity index (χ4n) is 5.89. The van der Waals surface area contributed by atoms with Gasteiger partial charge in [-0.05, 0) is 29.8 Å². The Morgan fingerprint density at radius 3 is 2.32 bits per heavy atom. The number of anilines is 1. The van der Waals surface area contributed by atoms with Gasteiger partial charge < -0.3 is 9.47 Å². The molecule has 1 spiro atoms. The lowest BCUT2D eigenvalue weighted by molar-refractivity contribution is -0.156. The second-order valence-corrected chi connectivity index (χ2v) is 10.3. The monoisotopic (exact) mass is 512 g/mol. The molecule has 0 N–H and O–H groups in total. The van der Waals surface area contributed by atoms with E-state index in [2.05, 4.69) is 0 Å². The maximum absolute atomic E-state index is 14.6. The van der Waals surface area contributed by atoms with Gasteiger partial charge in [0.2, 0.25) is 35.3 Å². The number of nitrogens with zero attached hydrogens (tertiary/aromatic N) is 2. The van der Waals surface area contributed by atoms with Crippen LogP contribution in [0.2, 0.25) is 0 Å². The van der Waals surface area contributed by atoms with Crippen LogP contribution in [0.1, 0.15) is 39.1 Å². The normalized spacial score (nSPS) is 28.3. The maximum atomic E-state index is 14.6. The molecular weight excluding hydrogens is 492 g/mol. The molecule has 3 aromatic carbocycles. The van der Waals surface area contributed by atoms with Crippen LogP contribution >= 0.6 is 11.8 Å². The van der Waals surface area contributed by atoms with Gasteiger partial charge >= 0.3 is 5.97 Å². The third kappa shape index (κ3) is 2.83. The van der Waals surface area contributed by atoms with Crippen molar-refractivity contribution < 1.29 is 28.7 Å². The summed E-state index contributed by atoms with van der Waals surface area (Å²) in [6.07, 6.45) is -1.21. The highest BCUT2D eigenvalue weighted by Crippen LogP contribution is 2.58. The van der Waals surface area contributed by atoms with Crippen molar-refractivity contribution in [2.45, 2.75) is 35.4 Å². The fourth-order valence-corrected chi connectivity index (χ4v) is 6.79. The highest BCUT2D eigenvalue weighted by atomic mass is 32.2. The van der Waals surface area contributed by atoms with Crippen LogP contribution in [-0.2, 0) is 24.7 Å². The van der Waals surface area contributed by atoms with Crippen molar-refractivity contribution in [1.29, 1.82) is 0 Å². The van der Waals surface area contributed by atoms with Gasteiger partial charge in [0.05, 0.1) is 17.0 Å². The standard InChI is InChI=1S/C28H20N2O6S/c31-22-14-15-27-29(22)20-12-6-4-10-18(20)24(33)28(36-27,17-8-2-1-3-9-17)26-30(27)23(32)16-37-21-13-7-5-11-19(21)25(34)35-26/h1-13,26H,14-16H2. The second-order valence-electron chi connectivity index (χ2n) is 9.33. The Kier molecular flexibility index (Phi) is 4.68. The van der Waals surface area contributed by atoms with Crippen molar-refractivity contribution in [2.24, 2.45) is 0 Å². The van der Waals surface area contributed by atoms with Crippen LogP contribution in [0.4, 0.5) is 5.69 Å². The van der Waals surface area contributed by atoms with E-state index in [1.165, 1.54) is 21.6 Å². The van der Waals surface area contributed by atoms with E-state index in [0.717, 1.165) is 0 Å². The summed E-state index contributed by atoms with van der Waals surface area (Å²) in [7, 11) is 0. The zero-order chi connectivity index (χ0) is 25.4. The Bertz CT molecular complexity index is 1510. The van der Waals surface area contributed by atoms with Crippen LogP contribution in [0, 0.1) is 0 Å². The lowest BCUT2D eigenvalue weighted by Gasteiger charge is -2.41. The second kappa shape index (κ2) is 7.77. The summed E-state index contributed by atoms with van der Waals surface area (Å²) in [5, 5.41) is 0. The minimum Gasteiger partial charge on any atom is -0.434 e. The SMILES string of the molecule is O=C1OC2N(C(=O)CSc3ccccc31)C13CCC(=O)N1c1ccccc1C(=O)C2(c1ccccc1)O3. The van der Waals surface area contributed by atoms with Crippen molar-refractivity contribution in [2.75, 3.05) is 10.7 Å². The number of carbonyl (C=O) groups is 4. The van der Waals surface area contributed by atoms with Crippen molar-refractivity contribution in [3.8, 4) is 0 Å². The lowest BCUT2D eigenvalue weighted by atomic mass is 9.83. The van der Waals surface area contributed by atoms with Gasteiger partial charge in [0.25, 0.3) is 0 Å². The fraction of sp³-hybridized carbons (Fsp3) is 0.214. The molecule has 2 bridgehead atoms. The number of thioether (sulfide) groups is 1. The summed E-state index contributed by atoms with van der Waals surface area (Å²) in [5.74, 6) is -3.49. The van der Waals surface area contributed by atoms with E-state index in [1.54, 1.807) is 78.9 Å². The molecule has 4 heterocycles. The molecule has 0 aliphatic carbocycles. The van der Waals surface area contributed by atoms with Gasteiger partial charge in [0.1, 0.15) is 0 Å².